The Kier molecular flexibility index (Phi) is 13.4. The molecule has 1 saturated carbocycles. The topological polar surface area (TPSA) is 100 Å². The van der Waals surface area contributed by atoms with E-state index in [-0.39, 0.29) is 29.3 Å². The molecule has 1 fully saturated rings. The summed E-state index contributed by atoms with van der Waals surface area (Å²) in [4.78, 5) is 40.0. The summed E-state index contributed by atoms with van der Waals surface area (Å²) in [5, 5.41) is 3.26. The fourth-order valence-corrected chi connectivity index (χ4v) is 5.88. The second-order valence-electron chi connectivity index (χ2n) is 15.1. The van der Waals surface area contributed by atoms with Gasteiger partial charge in [0.2, 0.25) is 5.91 Å². The highest BCUT2D eigenvalue weighted by Gasteiger charge is 2.45. The number of hydrogen-bond acceptors (Lipinski definition) is 7. The Balaban J connectivity index is 3.14. The Morgan fingerprint density at radius 3 is 1.88 bits per heavy atom. The molecule has 1 rings (SSSR count). The molecule has 0 spiro atoms. The van der Waals surface area contributed by atoms with Gasteiger partial charge in [0.25, 0.3) is 0 Å². The van der Waals surface area contributed by atoms with Gasteiger partial charge in [-0.3, -0.25) is 14.4 Å². The normalized spacial score (nSPS) is 17.7. The molecule has 0 aliphatic heterocycles. The smallest absolute Gasteiger partial charge is 0.309 e. The van der Waals surface area contributed by atoms with Crippen LogP contribution in [0.4, 0.5) is 0 Å². The quantitative estimate of drug-likeness (QED) is 0.182. The van der Waals surface area contributed by atoms with Crippen molar-refractivity contribution in [2.75, 3.05) is 20.3 Å². The minimum atomic E-state index is -1.99. The predicted octanol–water partition coefficient (Wildman–Crippen LogP) is 6.56. The van der Waals surface area contributed by atoms with Crippen molar-refractivity contribution in [1.82, 2.24) is 5.32 Å². The second kappa shape index (κ2) is 14.6. The number of rotatable bonds is 14. The lowest BCUT2D eigenvalue weighted by molar-refractivity contribution is -0.162. The fourth-order valence-electron chi connectivity index (χ4n) is 4.82. The largest absolute Gasteiger partial charge is 0.460 e. The van der Waals surface area contributed by atoms with Crippen molar-refractivity contribution in [2.45, 2.75) is 149 Å². The number of amides is 1. The van der Waals surface area contributed by atoms with Crippen LogP contribution in [-0.4, -0.2) is 63.7 Å². The van der Waals surface area contributed by atoms with Crippen molar-refractivity contribution in [1.29, 1.82) is 0 Å². The summed E-state index contributed by atoms with van der Waals surface area (Å²) in [5.74, 6) is -1.19. The number of methoxy groups -OCH3 is 1. The van der Waals surface area contributed by atoms with Crippen LogP contribution in [-0.2, 0) is 33.0 Å². The van der Waals surface area contributed by atoms with Gasteiger partial charge < -0.3 is 24.0 Å². The van der Waals surface area contributed by atoms with Crippen LogP contribution in [0.25, 0.3) is 0 Å². The first-order chi connectivity index (χ1) is 18.1. The zero-order valence-electron chi connectivity index (χ0n) is 27.6. The van der Waals surface area contributed by atoms with Gasteiger partial charge in [-0.2, -0.15) is 0 Å². The molecule has 9 heteroatoms. The average Bonchev–Trinajstić information content (AvgIpc) is 3.23. The minimum Gasteiger partial charge on any atom is -0.460 e. The molecule has 0 aromatic rings. The van der Waals surface area contributed by atoms with Gasteiger partial charge in [-0.25, -0.2) is 0 Å². The first-order valence-corrected chi connectivity index (χ1v) is 17.9. The van der Waals surface area contributed by atoms with E-state index in [4.69, 9.17) is 18.6 Å². The molecule has 2 atom stereocenters. The van der Waals surface area contributed by atoms with Crippen LogP contribution in [0, 0.1) is 11.3 Å². The third-order valence-electron chi connectivity index (χ3n) is 7.99. The van der Waals surface area contributed by atoms with Gasteiger partial charge in [-0.1, -0.05) is 33.6 Å². The molecule has 1 amide bonds. The van der Waals surface area contributed by atoms with Gasteiger partial charge in [0.15, 0.2) is 8.32 Å². The van der Waals surface area contributed by atoms with E-state index in [0.717, 1.165) is 12.8 Å². The van der Waals surface area contributed by atoms with Gasteiger partial charge in [0.05, 0.1) is 17.8 Å². The number of esters is 2. The number of carbonyl (C=O) groups is 3. The molecular weight excluding hydrogens is 526 g/mol. The standard InChI is InChI=1S/C31H59NO7Si/c1-28(2,3)38-25(33)21-24(16-20-37-40(11,12)30(7,8)9)32-27(35)31(17-13-14-18-31)22-23(15-19-36-10)26(34)39-29(4,5)6/h23-24H,13-22H2,1-12H3,(H,32,35)/t23-,24-/m1/s1. The lowest BCUT2D eigenvalue weighted by Gasteiger charge is -2.37. The Morgan fingerprint density at radius 1 is 0.850 bits per heavy atom. The Morgan fingerprint density at radius 2 is 1.40 bits per heavy atom. The molecule has 1 N–H and O–H groups in total. The van der Waals surface area contributed by atoms with Gasteiger partial charge in [0.1, 0.15) is 11.2 Å². The molecule has 0 bridgehead atoms. The van der Waals surface area contributed by atoms with Gasteiger partial charge in [0, 0.05) is 26.4 Å². The fraction of sp³-hybridized carbons (Fsp3) is 0.903. The first-order valence-electron chi connectivity index (χ1n) is 15.0. The van der Waals surface area contributed by atoms with Crippen molar-refractivity contribution < 1.29 is 33.0 Å². The molecule has 0 aromatic heterocycles. The Hall–Kier alpha value is -1.45. The van der Waals surface area contributed by atoms with Gasteiger partial charge in [-0.05, 0) is 91.8 Å². The lowest BCUT2D eigenvalue weighted by atomic mass is 9.75. The van der Waals surface area contributed by atoms with Crippen LogP contribution < -0.4 is 5.32 Å². The predicted molar refractivity (Wildman–Crippen MR) is 162 cm³/mol. The molecule has 0 aromatic carbocycles. The zero-order valence-corrected chi connectivity index (χ0v) is 28.6. The highest BCUT2D eigenvalue weighted by molar-refractivity contribution is 6.74. The van der Waals surface area contributed by atoms with E-state index in [0.29, 0.717) is 45.3 Å². The van der Waals surface area contributed by atoms with Crippen LogP contribution in [0.3, 0.4) is 0 Å². The number of nitrogens with one attached hydrogen (secondary N) is 1. The first kappa shape index (κ1) is 36.6. The van der Waals surface area contributed by atoms with E-state index in [2.05, 4.69) is 39.2 Å². The van der Waals surface area contributed by atoms with E-state index < -0.39 is 36.9 Å². The van der Waals surface area contributed by atoms with Crippen molar-refractivity contribution in [2.24, 2.45) is 11.3 Å². The molecule has 1 aliphatic carbocycles. The van der Waals surface area contributed by atoms with Crippen LogP contribution >= 0.6 is 0 Å². The number of carbonyl (C=O) groups excluding carboxylic acids is 3. The van der Waals surface area contributed by atoms with E-state index >= 15 is 0 Å². The maximum absolute atomic E-state index is 14.0. The van der Waals surface area contributed by atoms with E-state index in [1.807, 2.05) is 41.5 Å². The summed E-state index contributed by atoms with van der Waals surface area (Å²) in [6.07, 6.45) is 4.70. The number of hydrogen-bond donors (Lipinski definition) is 1. The van der Waals surface area contributed by atoms with Gasteiger partial charge in [-0.15, -0.1) is 0 Å². The van der Waals surface area contributed by atoms with Crippen LogP contribution in [0.2, 0.25) is 18.1 Å². The van der Waals surface area contributed by atoms with Crippen molar-refractivity contribution in [3.8, 4) is 0 Å². The molecule has 234 valence electrons. The zero-order chi connectivity index (χ0) is 31.0. The minimum absolute atomic E-state index is 0.0592. The molecule has 0 unspecified atom stereocenters. The van der Waals surface area contributed by atoms with E-state index in [9.17, 15) is 14.4 Å². The van der Waals surface area contributed by atoms with Crippen molar-refractivity contribution >= 4 is 26.2 Å². The summed E-state index contributed by atoms with van der Waals surface area (Å²) in [6.45, 7) is 22.9. The van der Waals surface area contributed by atoms with Crippen LogP contribution in [0.1, 0.15) is 114 Å². The molecule has 40 heavy (non-hydrogen) atoms. The maximum atomic E-state index is 14.0. The summed E-state index contributed by atoms with van der Waals surface area (Å²) in [7, 11) is -0.381. The van der Waals surface area contributed by atoms with Crippen LogP contribution in [0.5, 0.6) is 0 Å². The second-order valence-corrected chi connectivity index (χ2v) is 19.9. The molecule has 0 saturated heterocycles. The highest BCUT2D eigenvalue weighted by atomic mass is 28.4. The van der Waals surface area contributed by atoms with Crippen LogP contribution in [0.15, 0.2) is 0 Å². The molecule has 1 aliphatic rings. The Labute approximate surface area is 245 Å². The SMILES string of the molecule is COCC[C@H](CC1(C(=O)N[C@H](CCO[Si](C)(C)C(C)(C)C)CC(=O)OC(C)(C)C)CCCC1)C(=O)OC(C)(C)C. The molecule has 0 heterocycles. The summed E-state index contributed by atoms with van der Waals surface area (Å²) >= 11 is 0. The summed E-state index contributed by atoms with van der Waals surface area (Å²) < 4.78 is 23.0. The number of ether oxygens (including phenoxy) is 3. The Bertz CT molecular complexity index is 830. The average molecular weight is 586 g/mol. The van der Waals surface area contributed by atoms with E-state index in [1.54, 1.807) is 7.11 Å². The molecular formula is C31H59NO7Si. The third-order valence-corrected chi connectivity index (χ3v) is 12.5. The van der Waals surface area contributed by atoms with Crippen molar-refractivity contribution in [3.05, 3.63) is 0 Å². The summed E-state index contributed by atoms with van der Waals surface area (Å²) in [6, 6.07) is -0.427. The van der Waals surface area contributed by atoms with Crippen molar-refractivity contribution in [3.63, 3.8) is 0 Å². The molecule has 8 nitrogen and oxygen atoms in total. The third kappa shape index (κ3) is 12.6. The lowest BCUT2D eigenvalue weighted by Crippen LogP contribution is -2.48. The molecule has 0 radical (unpaired) electrons. The summed E-state index contributed by atoms with van der Waals surface area (Å²) in [5.41, 5.74) is -1.92. The monoisotopic (exact) mass is 585 g/mol. The van der Waals surface area contributed by atoms with E-state index in [1.165, 1.54) is 0 Å². The highest BCUT2D eigenvalue weighted by Crippen LogP contribution is 2.45. The maximum Gasteiger partial charge on any atom is 0.309 e. The van der Waals surface area contributed by atoms with Gasteiger partial charge >= 0.3 is 11.9 Å².